The lowest BCUT2D eigenvalue weighted by molar-refractivity contribution is -0.137. The average Bonchev–Trinajstić information content (AvgIpc) is 3.32. The summed E-state index contributed by atoms with van der Waals surface area (Å²) >= 11 is 6.33. The van der Waals surface area contributed by atoms with Crippen LogP contribution in [0.2, 0.25) is 5.02 Å². The molecule has 0 fully saturated rings. The molecule has 2 aromatic carbocycles. The zero-order valence-corrected chi connectivity index (χ0v) is 21.5. The Kier molecular flexibility index (Phi) is 7.22. The Morgan fingerprint density at radius 2 is 1.92 bits per heavy atom. The van der Waals surface area contributed by atoms with Crippen LogP contribution in [0.1, 0.15) is 41.6 Å². The highest BCUT2D eigenvalue weighted by Gasteiger charge is 2.45. The molecule has 3 amide bonds. The number of carbonyl (C=O) groups excluding carboxylic acids is 2. The summed E-state index contributed by atoms with van der Waals surface area (Å²) in [5.41, 5.74) is 1.02. The first-order chi connectivity index (χ1) is 18.7. The summed E-state index contributed by atoms with van der Waals surface area (Å²) in [6.45, 7) is -0.206. The minimum Gasteiger partial charge on any atom is -0.496 e. The van der Waals surface area contributed by atoms with Crippen LogP contribution in [0.15, 0.2) is 89.4 Å². The van der Waals surface area contributed by atoms with E-state index in [1.807, 2.05) is 6.08 Å². The van der Waals surface area contributed by atoms with Gasteiger partial charge < -0.3 is 10.1 Å². The van der Waals surface area contributed by atoms with E-state index in [4.69, 9.17) is 21.3 Å². The number of urea groups is 1. The van der Waals surface area contributed by atoms with Gasteiger partial charge in [-0.1, -0.05) is 41.9 Å². The topological polar surface area (TPSA) is 74.2 Å². The number of aliphatic imine (C=N–C) groups is 1. The van der Waals surface area contributed by atoms with Gasteiger partial charge in [0.25, 0.3) is 0 Å². The third-order valence-corrected chi connectivity index (χ3v) is 6.95. The highest BCUT2D eigenvalue weighted by molar-refractivity contribution is 6.30. The van der Waals surface area contributed by atoms with Gasteiger partial charge in [-0.2, -0.15) is 13.2 Å². The number of methoxy groups -OCH3 is 1. The van der Waals surface area contributed by atoms with Crippen LogP contribution in [0.25, 0.3) is 0 Å². The second-order valence-electron chi connectivity index (χ2n) is 9.17. The molecular formula is C28H24ClF3N4O3. The van der Waals surface area contributed by atoms with Gasteiger partial charge in [-0.3, -0.25) is 19.6 Å². The molecule has 39 heavy (non-hydrogen) atoms. The van der Waals surface area contributed by atoms with E-state index in [0.29, 0.717) is 46.2 Å². The van der Waals surface area contributed by atoms with E-state index in [1.165, 1.54) is 41.4 Å². The third kappa shape index (κ3) is 5.29. The number of hydrogen-bond donors (Lipinski definition) is 1. The first kappa shape index (κ1) is 26.6. The molecule has 0 aromatic heterocycles. The third-order valence-electron chi connectivity index (χ3n) is 6.72. The monoisotopic (exact) mass is 556 g/mol. The molecule has 0 radical (unpaired) electrons. The second-order valence-corrected chi connectivity index (χ2v) is 9.61. The molecule has 2 unspecified atom stereocenters. The van der Waals surface area contributed by atoms with Crippen LogP contribution in [0, 0.1) is 0 Å². The Morgan fingerprint density at radius 1 is 1.15 bits per heavy atom. The fourth-order valence-corrected chi connectivity index (χ4v) is 5.12. The number of rotatable bonds is 4. The first-order valence-corrected chi connectivity index (χ1v) is 12.6. The van der Waals surface area contributed by atoms with Gasteiger partial charge in [0.1, 0.15) is 24.2 Å². The smallest absolute Gasteiger partial charge is 0.416 e. The van der Waals surface area contributed by atoms with Crippen LogP contribution in [-0.4, -0.2) is 41.2 Å². The van der Waals surface area contributed by atoms with Gasteiger partial charge in [0.15, 0.2) is 0 Å². The predicted octanol–water partition coefficient (Wildman–Crippen LogP) is 6.13. The fraction of sp³-hybridized carbons (Fsp3) is 0.250. The normalized spacial score (nSPS) is 21.3. The molecule has 1 N–H and O–H groups in total. The molecule has 2 aromatic rings. The van der Waals surface area contributed by atoms with Gasteiger partial charge >= 0.3 is 12.2 Å². The minimum absolute atomic E-state index is 0.206. The van der Waals surface area contributed by atoms with Crippen molar-refractivity contribution in [2.75, 3.05) is 13.7 Å². The van der Waals surface area contributed by atoms with Crippen molar-refractivity contribution >= 4 is 29.4 Å². The summed E-state index contributed by atoms with van der Waals surface area (Å²) in [5.74, 6) is 0.498. The average molecular weight is 557 g/mol. The molecule has 11 heteroatoms. The van der Waals surface area contributed by atoms with Gasteiger partial charge in [0.2, 0.25) is 5.91 Å². The molecule has 1 aliphatic carbocycles. The molecule has 7 nitrogen and oxygen atoms in total. The number of nitrogens with zero attached hydrogens (tertiary/aromatic N) is 3. The van der Waals surface area contributed by atoms with E-state index >= 15 is 0 Å². The van der Waals surface area contributed by atoms with Gasteiger partial charge in [-0.25, -0.2) is 4.79 Å². The lowest BCUT2D eigenvalue weighted by atomic mass is 9.93. The number of carbonyl (C=O) groups is 2. The Hall–Kier alpha value is -4.05. The predicted molar refractivity (Wildman–Crippen MR) is 139 cm³/mol. The molecule has 0 bridgehead atoms. The highest BCUT2D eigenvalue weighted by Crippen LogP contribution is 2.46. The van der Waals surface area contributed by atoms with E-state index in [1.54, 1.807) is 30.3 Å². The molecule has 202 valence electrons. The maximum atomic E-state index is 14.1. The lowest BCUT2D eigenvalue weighted by Gasteiger charge is -2.34. The number of alkyl halides is 3. The van der Waals surface area contributed by atoms with Crippen LogP contribution in [0.3, 0.4) is 0 Å². The van der Waals surface area contributed by atoms with Gasteiger partial charge in [0, 0.05) is 23.0 Å². The molecule has 2 heterocycles. The Balaban J connectivity index is 1.69. The van der Waals surface area contributed by atoms with Crippen molar-refractivity contribution in [1.82, 2.24) is 15.1 Å². The van der Waals surface area contributed by atoms with Crippen molar-refractivity contribution in [2.24, 2.45) is 4.99 Å². The van der Waals surface area contributed by atoms with E-state index in [9.17, 15) is 22.8 Å². The molecule has 0 saturated heterocycles. The number of amides is 3. The summed E-state index contributed by atoms with van der Waals surface area (Å²) in [7, 11) is 1.52. The number of benzene rings is 2. The fourth-order valence-electron chi connectivity index (χ4n) is 4.92. The van der Waals surface area contributed by atoms with E-state index < -0.39 is 29.9 Å². The molecule has 5 rings (SSSR count). The van der Waals surface area contributed by atoms with Crippen molar-refractivity contribution in [3.8, 4) is 0 Å². The number of ether oxygens (including phenoxy) is 1. The van der Waals surface area contributed by atoms with Crippen molar-refractivity contribution in [1.29, 1.82) is 0 Å². The maximum absolute atomic E-state index is 14.1. The number of allylic oxidation sites excluding steroid dienone is 2. The van der Waals surface area contributed by atoms with Gasteiger partial charge in [-0.05, 0) is 54.3 Å². The van der Waals surface area contributed by atoms with Crippen LogP contribution in [0.4, 0.5) is 18.0 Å². The molecular weight excluding hydrogens is 533 g/mol. The van der Waals surface area contributed by atoms with E-state index in [0.717, 1.165) is 12.1 Å². The first-order valence-electron chi connectivity index (χ1n) is 12.2. The van der Waals surface area contributed by atoms with Crippen molar-refractivity contribution in [3.05, 3.63) is 106 Å². The van der Waals surface area contributed by atoms with E-state index in [-0.39, 0.29) is 12.5 Å². The van der Waals surface area contributed by atoms with Crippen molar-refractivity contribution in [2.45, 2.75) is 31.1 Å². The highest BCUT2D eigenvalue weighted by atomic mass is 35.5. The zero-order chi connectivity index (χ0) is 27.7. The maximum Gasteiger partial charge on any atom is 0.416 e. The summed E-state index contributed by atoms with van der Waals surface area (Å²) < 4.78 is 45.5. The zero-order valence-electron chi connectivity index (χ0n) is 20.8. The van der Waals surface area contributed by atoms with Crippen molar-refractivity contribution < 1.29 is 27.5 Å². The van der Waals surface area contributed by atoms with E-state index in [2.05, 4.69) is 5.32 Å². The summed E-state index contributed by atoms with van der Waals surface area (Å²) in [5, 5.41) is 2.97. The number of halogens is 4. The van der Waals surface area contributed by atoms with Crippen LogP contribution >= 0.6 is 11.6 Å². The van der Waals surface area contributed by atoms with Crippen molar-refractivity contribution in [3.63, 3.8) is 0 Å². The quantitative estimate of drug-likeness (QED) is 0.492. The largest absolute Gasteiger partial charge is 0.496 e. The summed E-state index contributed by atoms with van der Waals surface area (Å²) in [6.07, 6.45) is 3.31. The second kappa shape index (κ2) is 10.6. The summed E-state index contributed by atoms with van der Waals surface area (Å²) in [6, 6.07) is 9.64. The SMILES string of the molecule is COC1=C(C2=NC(c3ccc(C(F)(F)F)cc3)C(c3cccc(Cl)c3)N2C(=O)N2C=CNC(=O)C2)CCC=C1. The minimum atomic E-state index is -4.50. The molecule has 0 saturated carbocycles. The number of hydrogen-bond acceptors (Lipinski definition) is 4. The van der Waals surface area contributed by atoms with Crippen LogP contribution in [-0.2, 0) is 15.7 Å². The van der Waals surface area contributed by atoms with Crippen LogP contribution < -0.4 is 5.32 Å². The molecule has 2 aliphatic heterocycles. The Labute approximate surface area is 227 Å². The molecule has 3 aliphatic rings. The number of nitrogens with one attached hydrogen (secondary N) is 1. The molecule has 2 atom stereocenters. The van der Waals surface area contributed by atoms with Gasteiger partial charge in [0.05, 0.1) is 18.7 Å². The summed E-state index contributed by atoms with van der Waals surface area (Å²) in [4.78, 5) is 33.9. The standard InChI is InChI=1S/C28H24ClF3N4O3/c1-39-22-8-3-2-7-21(22)26-34-24(17-9-11-19(12-10-17)28(30,31)32)25(18-5-4-6-20(29)15-18)36(26)27(38)35-14-13-33-23(37)16-35/h3-6,8-15,24-25H,2,7,16H2,1H3,(H,33,37). The Morgan fingerprint density at radius 3 is 2.59 bits per heavy atom. The van der Waals surface area contributed by atoms with Gasteiger partial charge in [-0.15, -0.1) is 0 Å². The number of amidine groups is 1. The Bertz CT molecular complexity index is 1420. The lowest BCUT2D eigenvalue weighted by Crippen LogP contribution is -2.49. The van der Waals surface area contributed by atoms with Crippen LogP contribution in [0.5, 0.6) is 0 Å². The molecule has 0 spiro atoms.